The highest BCUT2D eigenvalue weighted by Crippen LogP contribution is 2.10. The second kappa shape index (κ2) is 5.44. The van der Waals surface area contributed by atoms with Gasteiger partial charge in [0.15, 0.2) is 14.9 Å². The summed E-state index contributed by atoms with van der Waals surface area (Å²) in [6.45, 7) is 1.94. The van der Waals surface area contributed by atoms with Gasteiger partial charge in [-0.25, -0.2) is 13.2 Å². The molecule has 0 saturated carbocycles. The Morgan fingerprint density at radius 1 is 1.56 bits per heavy atom. The molecule has 1 unspecified atom stereocenters. The van der Waals surface area contributed by atoms with Gasteiger partial charge in [-0.2, -0.15) is 0 Å². The number of carbonyl (C=O) groups is 1. The van der Waals surface area contributed by atoms with Crippen molar-refractivity contribution in [2.45, 2.75) is 19.4 Å². The molecule has 1 heterocycles. The fourth-order valence-corrected chi connectivity index (χ4v) is 3.31. The molecular formula is C8H14N2O4S2. The van der Waals surface area contributed by atoms with Crippen LogP contribution in [0.2, 0.25) is 0 Å². The van der Waals surface area contributed by atoms with E-state index in [0.717, 1.165) is 0 Å². The monoisotopic (exact) mass is 266 g/mol. The van der Waals surface area contributed by atoms with Crippen molar-refractivity contribution in [2.24, 2.45) is 0 Å². The normalized spacial score (nSPS) is 22.4. The minimum Gasteiger partial charge on any atom is -0.450 e. The zero-order valence-electron chi connectivity index (χ0n) is 8.86. The molecule has 0 bridgehead atoms. The molecule has 1 fully saturated rings. The van der Waals surface area contributed by atoms with Gasteiger partial charge in [0.1, 0.15) is 0 Å². The van der Waals surface area contributed by atoms with Crippen molar-refractivity contribution in [3.63, 3.8) is 0 Å². The van der Waals surface area contributed by atoms with Gasteiger partial charge < -0.3 is 10.1 Å². The topological polar surface area (TPSA) is 84.5 Å². The first-order valence-corrected chi connectivity index (χ1v) is 7.10. The molecule has 2 N–H and O–H groups in total. The van der Waals surface area contributed by atoms with E-state index >= 15 is 0 Å². The van der Waals surface area contributed by atoms with Gasteiger partial charge in [-0.05, 0) is 25.6 Å². The number of alkyl carbamates (subject to hydrolysis) is 1. The van der Waals surface area contributed by atoms with Crippen LogP contribution < -0.4 is 10.6 Å². The molecule has 0 aromatic rings. The van der Waals surface area contributed by atoms with E-state index in [1.807, 2.05) is 0 Å². The van der Waals surface area contributed by atoms with Gasteiger partial charge in [-0.3, -0.25) is 5.32 Å². The van der Waals surface area contributed by atoms with Gasteiger partial charge in [-0.15, -0.1) is 0 Å². The number of nitrogens with one attached hydrogen (secondary N) is 2. The van der Waals surface area contributed by atoms with E-state index in [1.54, 1.807) is 6.92 Å². The van der Waals surface area contributed by atoms with Crippen molar-refractivity contribution < 1.29 is 17.9 Å². The van der Waals surface area contributed by atoms with Crippen LogP contribution in [0.3, 0.4) is 0 Å². The number of ether oxygens (including phenoxy) is 1. The molecule has 16 heavy (non-hydrogen) atoms. The molecule has 0 aromatic heterocycles. The van der Waals surface area contributed by atoms with Crippen LogP contribution >= 0.6 is 12.2 Å². The molecule has 0 spiro atoms. The molecule has 0 radical (unpaired) electrons. The van der Waals surface area contributed by atoms with E-state index in [2.05, 4.69) is 15.4 Å². The summed E-state index contributed by atoms with van der Waals surface area (Å²) in [4.78, 5) is 11.0. The van der Waals surface area contributed by atoms with Gasteiger partial charge in [0, 0.05) is 6.04 Å². The number of thiocarbonyl (C=S) groups is 1. The highest BCUT2D eigenvalue weighted by atomic mass is 32.2. The maximum atomic E-state index is 11.2. The molecule has 1 amide bonds. The highest BCUT2D eigenvalue weighted by molar-refractivity contribution is 7.91. The van der Waals surface area contributed by atoms with Crippen molar-refractivity contribution in [2.75, 3.05) is 18.1 Å². The van der Waals surface area contributed by atoms with Gasteiger partial charge in [0.05, 0.1) is 18.1 Å². The molecule has 1 aliphatic heterocycles. The third kappa shape index (κ3) is 4.31. The Morgan fingerprint density at radius 3 is 2.75 bits per heavy atom. The van der Waals surface area contributed by atoms with Crippen LogP contribution in [0, 0.1) is 0 Å². The molecule has 6 nitrogen and oxygen atoms in total. The molecule has 0 aliphatic carbocycles. The van der Waals surface area contributed by atoms with Crippen LogP contribution in [0.5, 0.6) is 0 Å². The Labute approximate surface area is 99.6 Å². The van der Waals surface area contributed by atoms with Crippen LogP contribution in [-0.2, 0) is 14.6 Å². The van der Waals surface area contributed by atoms with Crippen molar-refractivity contribution >= 4 is 33.3 Å². The largest absolute Gasteiger partial charge is 0.450 e. The van der Waals surface area contributed by atoms with Crippen LogP contribution in [0.15, 0.2) is 0 Å². The van der Waals surface area contributed by atoms with Gasteiger partial charge in [-0.1, -0.05) is 0 Å². The molecule has 1 rings (SSSR count). The summed E-state index contributed by atoms with van der Waals surface area (Å²) in [5.74, 6) is 0.213. The first kappa shape index (κ1) is 13.2. The summed E-state index contributed by atoms with van der Waals surface area (Å²) in [6.07, 6.45) is -0.131. The zero-order chi connectivity index (χ0) is 12.2. The lowest BCUT2D eigenvalue weighted by atomic mass is 10.3. The fraction of sp³-hybridized carbons (Fsp3) is 0.750. The molecule has 1 aliphatic rings. The number of sulfone groups is 1. The van der Waals surface area contributed by atoms with E-state index in [9.17, 15) is 13.2 Å². The maximum Gasteiger partial charge on any atom is 0.413 e. The van der Waals surface area contributed by atoms with E-state index in [-0.39, 0.29) is 29.3 Å². The Balaban J connectivity index is 2.33. The fourth-order valence-electron chi connectivity index (χ4n) is 1.39. The average molecular weight is 266 g/mol. The van der Waals surface area contributed by atoms with E-state index in [0.29, 0.717) is 6.42 Å². The summed E-state index contributed by atoms with van der Waals surface area (Å²) in [5, 5.41) is 5.16. The Morgan fingerprint density at radius 2 is 2.25 bits per heavy atom. The third-order valence-electron chi connectivity index (χ3n) is 2.06. The zero-order valence-corrected chi connectivity index (χ0v) is 10.5. The second-order valence-corrected chi connectivity index (χ2v) is 6.06. The second-order valence-electron chi connectivity index (χ2n) is 3.42. The minimum atomic E-state index is -2.95. The SMILES string of the molecule is CCOC(=O)NC(=S)NC1CCS(=O)(=O)C1. The highest BCUT2D eigenvalue weighted by Gasteiger charge is 2.28. The molecule has 92 valence electrons. The van der Waals surface area contributed by atoms with Crippen LogP contribution in [0.1, 0.15) is 13.3 Å². The molecule has 8 heteroatoms. The Hall–Kier alpha value is -0.890. The summed E-state index contributed by atoms with van der Waals surface area (Å²) in [6, 6.07) is -0.223. The summed E-state index contributed by atoms with van der Waals surface area (Å²) in [5.41, 5.74) is 0. The molecule has 1 atom stereocenters. The maximum absolute atomic E-state index is 11.2. The standard InChI is InChI=1S/C8H14N2O4S2/c1-2-14-8(11)10-7(15)9-6-3-4-16(12,13)5-6/h6H,2-5H2,1H3,(H2,9,10,11,15). The number of hydrogen-bond donors (Lipinski definition) is 2. The summed E-state index contributed by atoms with van der Waals surface area (Å²) < 4.78 is 26.9. The van der Waals surface area contributed by atoms with Crippen molar-refractivity contribution in [3.8, 4) is 0 Å². The predicted octanol–water partition coefficient (Wildman–Crippen LogP) is -0.206. The third-order valence-corrected chi connectivity index (χ3v) is 4.05. The quantitative estimate of drug-likeness (QED) is 0.673. The van der Waals surface area contributed by atoms with Gasteiger partial charge in [0.2, 0.25) is 0 Å². The number of rotatable bonds is 2. The van der Waals surface area contributed by atoms with Gasteiger partial charge >= 0.3 is 6.09 Å². The van der Waals surface area contributed by atoms with Crippen molar-refractivity contribution in [3.05, 3.63) is 0 Å². The smallest absolute Gasteiger partial charge is 0.413 e. The Bertz CT molecular complexity index is 379. The summed E-state index contributed by atoms with van der Waals surface area (Å²) >= 11 is 4.84. The number of amides is 1. The number of carbonyl (C=O) groups excluding carboxylic acids is 1. The first-order chi connectivity index (χ1) is 7.43. The van der Waals surface area contributed by atoms with Crippen LogP contribution in [0.4, 0.5) is 4.79 Å². The lowest BCUT2D eigenvalue weighted by Gasteiger charge is -2.13. The Kier molecular flexibility index (Phi) is 4.48. The van der Waals surface area contributed by atoms with E-state index in [4.69, 9.17) is 12.2 Å². The lowest BCUT2D eigenvalue weighted by Crippen LogP contribution is -2.44. The van der Waals surface area contributed by atoms with Crippen LogP contribution in [0.25, 0.3) is 0 Å². The van der Waals surface area contributed by atoms with Gasteiger partial charge in [0.25, 0.3) is 0 Å². The molecule has 1 saturated heterocycles. The van der Waals surface area contributed by atoms with Crippen LogP contribution in [-0.4, -0.2) is 43.8 Å². The van der Waals surface area contributed by atoms with E-state index in [1.165, 1.54) is 0 Å². The first-order valence-electron chi connectivity index (χ1n) is 4.87. The predicted molar refractivity (Wildman–Crippen MR) is 63.0 cm³/mol. The van der Waals surface area contributed by atoms with Crippen molar-refractivity contribution in [1.82, 2.24) is 10.6 Å². The molecule has 0 aromatic carbocycles. The summed E-state index contributed by atoms with van der Waals surface area (Å²) in [7, 11) is -2.95. The lowest BCUT2D eigenvalue weighted by molar-refractivity contribution is 0.157. The minimum absolute atomic E-state index is 0.0532. The molecular weight excluding hydrogens is 252 g/mol. The average Bonchev–Trinajstić information content (AvgIpc) is 2.45. The van der Waals surface area contributed by atoms with Crippen molar-refractivity contribution in [1.29, 1.82) is 0 Å². The number of hydrogen-bond acceptors (Lipinski definition) is 5. The van der Waals surface area contributed by atoms with E-state index < -0.39 is 15.9 Å².